The second-order valence-electron chi connectivity index (χ2n) is 16.6. The first-order chi connectivity index (χ1) is 25.9. The zero-order valence-electron chi connectivity index (χ0n) is 32.2. The van der Waals surface area contributed by atoms with Gasteiger partial charge in [-0.25, -0.2) is 14.4 Å². The molecule has 3 amide bonds. The van der Waals surface area contributed by atoms with Gasteiger partial charge in [-0.1, -0.05) is 44.2 Å². The Morgan fingerprint density at radius 1 is 0.907 bits per heavy atom. The van der Waals surface area contributed by atoms with E-state index in [2.05, 4.69) is 19.2 Å². The van der Waals surface area contributed by atoms with Crippen LogP contribution in [0.1, 0.15) is 96.6 Å². The molecule has 1 N–H and O–H groups in total. The summed E-state index contributed by atoms with van der Waals surface area (Å²) in [5.74, 6) is 1.85. The van der Waals surface area contributed by atoms with Gasteiger partial charge in [0.25, 0.3) is 0 Å². The Morgan fingerprint density at radius 2 is 1.63 bits per heavy atom. The number of aromatic nitrogens is 3. The summed E-state index contributed by atoms with van der Waals surface area (Å²) in [6.45, 7) is 12.6. The number of rotatable bonds is 9. The molecule has 5 atom stereocenters. The maximum Gasteiger partial charge on any atom is 0.410 e. The molecule has 2 bridgehead atoms. The van der Waals surface area contributed by atoms with Crippen LogP contribution in [0.2, 0.25) is 0 Å². The minimum atomic E-state index is -0.571. The minimum Gasteiger partial charge on any atom is -0.472 e. The zero-order valence-corrected chi connectivity index (χ0v) is 32.2. The maximum absolute atomic E-state index is 13.5. The van der Waals surface area contributed by atoms with E-state index in [9.17, 15) is 14.4 Å². The van der Waals surface area contributed by atoms with E-state index in [1.54, 1.807) is 9.80 Å². The summed E-state index contributed by atoms with van der Waals surface area (Å²) in [4.78, 5) is 49.1. The molecule has 4 saturated heterocycles. The molecule has 4 aliphatic heterocycles. The van der Waals surface area contributed by atoms with E-state index in [0.29, 0.717) is 50.9 Å². The zero-order chi connectivity index (χ0) is 38.0. The number of benzene rings is 1. The van der Waals surface area contributed by atoms with Crippen molar-refractivity contribution >= 4 is 29.7 Å². The van der Waals surface area contributed by atoms with Crippen molar-refractivity contribution in [1.29, 1.82) is 0 Å². The molecular weight excluding hydrogens is 690 g/mol. The lowest BCUT2D eigenvalue weighted by atomic mass is 9.91. The fourth-order valence-corrected chi connectivity index (χ4v) is 8.26. The number of amides is 3. The van der Waals surface area contributed by atoms with Crippen molar-refractivity contribution in [2.75, 3.05) is 38.0 Å². The second-order valence-corrected chi connectivity index (χ2v) is 16.6. The van der Waals surface area contributed by atoms with E-state index in [1.807, 2.05) is 72.8 Å². The first-order valence-electron chi connectivity index (χ1n) is 19.6. The Labute approximate surface area is 317 Å². The van der Waals surface area contributed by atoms with Crippen molar-refractivity contribution in [3.05, 3.63) is 53.7 Å². The van der Waals surface area contributed by atoms with Gasteiger partial charge >= 0.3 is 18.3 Å². The SMILES string of the molecule is CC(C)c1cnn2c(NCC3C[C@H]4CC[C@@H](C3)N4C(=O)OC3CCN(C(=O)OC(C)(C)C)C3)cc(O[C@@H]3CCCN(C(=O)OCc4ccccc4)C3)nc12. The molecule has 0 radical (unpaired) electrons. The van der Waals surface area contributed by atoms with Gasteiger partial charge in [0.1, 0.15) is 30.2 Å². The number of hydrogen-bond donors (Lipinski definition) is 1. The highest BCUT2D eigenvalue weighted by Crippen LogP contribution is 2.40. The van der Waals surface area contributed by atoms with Gasteiger partial charge in [-0.3, -0.25) is 0 Å². The third kappa shape index (κ3) is 8.79. The van der Waals surface area contributed by atoms with Gasteiger partial charge in [0, 0.05) is 49.8 Å². The molecule has 292 valence electrons. The number of fused-ring (bicyclic) bond motifs is 3. The van der Waals surface area contributed by atoms with Gasteiger partial charge in [0.05, 0.1) is 19.3 Å². The number of ether oxygens (including phenoxy) is 4. The van der Waals surface area contributed by atoms with E-state index >= 15 is 0 Å². The molecule has 6 heterocycles. The second kappa shape index (κ2) is 15.9. The molecular formula is C40H55N7O7. The average Bonchev–Trinajstić information content (AvgIpc) is 3.85. The predicted octanol–water partition coefficient (Wildman–Crippen LogP) is 6.83. The van der Waals surface area contributed by atoms with Crippen molar-refractivity contribution in [2.24, 2.45) is 5.92 Å². The molecule has 0 saturated carbocycles. The normalized spacial score (nSPS) is 24.2. The number of anilines is 1. The van der Waals surface area contributed by atoms with E-state index < -0.39 is 5.60 Å². The maximum atomic E-state index is 13.5. The summed E-state index contributed by atoms with van der Waals surface area (Å²) >= 11 is 0. The molecule has 2 unspecified atom stereocenters. The van der Waals surface area contributed by atoms with E-state index in [4.69, 9.17) is 29.0 Å². The lowest BCUT2D eigenvalue weighted by Gasteiger charge is -2.38. The third-order valence-corrected chi connectivity index (χ3v) is 10.9. The summed E-state index contributed by atoms with van der Waals surface area (Å²) in [7, 11) is 0. The number of nitrogens with zero attached hydrogens (tertiary/aromatic N) is 6. The molecule has 14 nitrogen and oxygen atoms in total. The topological polar surface area (TPSA) is 140 Å². The van der Waals surface area contributed by atoms with Gasteiger partial charge in [-0.15, -0.1) is 0 Å². The summed E-state index contributed by atoms with van der Waals surface area (Å²) in [5.41, 5.74) is 2.15. The Balaban J connectivity index is 0.955. The molecule has 2 aromatic heterocycles. The monoisotopic (exact) mass is 745 g/mol. The van der Waals surface area contributed by atoms with Gasteiger partial charge < -0.3 is 39.0 Å². The van der Waals surface area contributed by atoms with Crippen molar-refractivity contribution in [3.8, 4) is 5.88 Å². The minimum absolute atomic E-state index is 0.119. The summed E-state index contributed by atoms with van der Waals surface area (Å²) in [5, 5.41) is 8.36. The lowest BCUT2D eigenvalue weighted by molar-refractivity contribution is 0.0187. The molecule has 0 aliphatic carbocycles. The van der Waals surface area contributed by atoms with Gasteiger partial charge in [0.15, 0.2) is 5.65 Å². The van der Waals surface area contributed by atoms with Crippen LogP contribution in [0.25, 0.3) is 5.65 Å². The Bertz CT molecular complexity index is 1780. The quantitative estimate of drug-likeness (QED) is 0.232. The standard InChI is InChI=1S/C40H55N7O7/c1-26(2)33-22-42-47-34(20-35(43-36(33)47)52-31-12-9-16-44(23-31)37(48)51-25-27-10-7-6-8-11-27)41-21-28-18-29-13-14-30(19-28)46(29)39(50)53-32-15-17-45(24-32)38(49)54-40(3,4)5/h6-8,10-11,20,22,26,28-32,41H,9,12-19,21,23-25H2,1-5H3/t28?,29-,30+,31-,32?/m1/s1. The summed E-state index contributed by atoms with van der Waals surface area (Å²) in [6, 6.07) is 11.8. The lowest BCUT2D eigenvalue weighted by Crippen LogP contribution is -2.48. The molecule has 54 heavy (non-hydrogen) atoms. The van der Waals surface area contributed by atoms with E-state index in [0.717, 1.165) is 61.1 Å². The van der Waals surface area contributed by atoms with Crippen LogP contribution >= 0.6 is 0 Å². The van der Waals surface area contributed by atoms with Crippen molar-refractivity contribution in [2.45, 2.75) is 122 Å². The molecule has 4 fully saturated rings. The largest absolute Gasteiger partial charge is 0.472 e. The highest BCUT2D eigenvalue weighted by molar-refractivity contribution is 5.71. The highest BCUT2D eigenvalue weighted by atomic mass is 16.6. The summed E-state index contributed by atoms with van der Waals surface area (Å²) in [6.07, 6.45) is 6.22. The van der Waals surface area contributed by atoms with Crippen LogP contribution in [-0.2, 0) is 20.8 Å². The Kier molecular flexibility index (Phi) is 11.1. The van der Waals surface area contributed by atoms with E-state index in [-0.39, 0.29) is 55.1 Å². The fraction of sp³-hybridized carbons (Fsp3) is 0.625. The molecule has 0 spiro atoms. The number of likely N-dealkylation sites (tertiary alicyclic amines) is 2. The van der Waals surface area contributed by atoms with Gasteiger partial charge in [0.2, 0.25) is 5.88 Å². The van der Waals surface area contributed by atoms with Crippen LogP contribution in [0.15, 0.2) is 42.6 Å². The molecule has 1 aromatic carbocycles. The van der Waals surface area contributed by atoms with Crippen LogP contribution in [-0.4, -0.2) is 110 Å². The molecule has 4 aliphatic rings. The average molecular weight is 746 g/mol. The van der Waals surface area contributed by atoms with Gasteiger partial charge in [-0.2, -0.15) is 14.6 Å². The van der Waals surface area contributed by atoms with Crippen LogP contribution in [0.4, 0.5) is 20.2 Å². The van der Waals surface area contributed by atoms with Crippen molar-refractivity contribution in [1.82, 2.24) is 29.3 Å². The smallest absolute Gasteiger partial charge is 0.410 e. The molecule has 7 rings (SSSR count). The van der Waals surface area contributed by atoms with Crippen LogP contribution in [0.3, 0.4) is 0 Å². The number of hydrogen-bond acceptors (Lipinski definition) is 10. The van der Waals surface area contributed by atoms with Crippen LogP contribution in [0, 0.1) is 5.92 Å². The third-order valence-electron chi connectivity index (χ3n) is 10.9. The molecule has 3 aromatic rings. The fourth-order valence-electron chi connectivity index (χ4n) is 8.26. The Morgan fingerprint density at radius 3 is 2.35 bits per heavy atom. The number of carbonyl (C=O) groups excluding carboxylic acids is 3. The predicted molar refractivity (Wildman–Crippen MR) is 201 cm³/mol. The first kappa shape index (κ1) is 37.6. The number of piperidine rings is 2. The Hall–Kier alpha value is -4.75. The highest BCUT2D eigenvalue weighted by Gasteiger charge is 2.45. The summed E-state index contributed by atoms with van der Waals surface area (Å²) < 4.78 is 25.4. The van der Waals surface area contributed by atoms with Crippen LogP contribution < -0.4 is 10.1 Å². The van der Waals surface area contributed by atoms with Crippen molar-refractivity contribution < 1.29 is 33.3 Å². The van der Waals surface area contributed by atoms with Crippen LogP contribution in [0.5, 0.6) is 5.88 Å². The van der Waals surface area contributed by atoms with E-state index in [1.165, 1.54) is 0 Å². The van der Waals surface area contributed by atoms with Crippen molar-refractivity contribution in [3.63, 3.8) is 0 Å². The molecule has 14 heteroatoms. The number of nitrogens with one attached hydrogen (secondary N) is 1. The van der Waals surface area contributed by atoms with Gasteiger partial charge in [-0.05, 0) is 76.7 Å². The first-order valence-corrected chi connectivity index (χ1v) is 19.6. The number of carbonyl (C=O) groups is 3.